The van der Waals surface area contributed by atoms with E-state index in [4.69, 9.17) is 16.6 Å². The van der Waals surface area contributed by atoms with Crippen LogP contribution in [0.15, 0.2) is 85.5 Å². The second kappa shape index (κ2) is 22.5. The Hall–Kier alpha value is -6.17. The molecule has 2 amide bonds. The van der Waals surface area contributed by atoms with Gasteiger partial charge in [-0.3, -0.25) is 9.59 Å². The van der Waals surface area contributed by atoms with E-state index in [1.165, 1.54) is 17.8 Å². The van der Waals surface area contributed by atoms with Gasteiger partial charge in [0.2, 0.25) is 0 Å². The summed E-state index contributed by atoms with van der Waals surface area (Å²) in [4.78, 5) is 45.9. The molecule has 0 radical (unpaired) electrons. The van der Waals surface area contributed by atoms with Crippen molar-refractivity contribution in [2.24, 2.45) is 11.8 Å². The van der Waals surface area contributed by atoms with E-state index in [-0.39, 0.29) is 23.9 Å². The zero-order chi connectivity index (χ0) is 48.5. The summed E-state index contributed by atoms with van der Waals surface area (Å²) in [5.74, 6) is 3.51. The van der Waals surface area contributed by atoms with Gasteiger partial charge in [-0.25, -0.2) is 19.9 Å². The summed E-state index contributed by atoms with van der Waals surface area (Å²) in [6, 6.07) is 22.8. The Morgan fingerprint density at radius 3 is 1.46 bits per heavy atom. The molecule has 67 heavy (non-hydrogen) atoms. The maximum absolute atomic E-state index is 13.0. The van der Waals surface area contributed by atoms with Crippen LogP contribution in [0.2, 0.25) is 4.47 Å². The number of rotatable bonds is 13. The minimum Gasteiger partial charge on any atom is -0.343 e. The zero-order valence-electron chi connectivity index (χ0n) is 40.2. The molecule has 0 aliphatic heterocycles. The van der Waals surface area contributed by atoms with Crippen molar-refractivity contribution in [2.45, 2.75) is 114 Å². The first-order chi connectivity index (χ1) is 31.9. The van der Waals surface area contributed by atoms with Crippen LogP contribution < -0.4 is 15.5 Å². The molecule has 0 spiro atoms. The van der Waals surface area contributed by atoms with E-state index >= 15 is 0 Å². The number of halogens is 1. The monoisotopic (exact) mass is 961 g/mol. The number of amides is 2. The lowest BCUT2D eigenvalue weighted by Gasteiger charge is -2.30. The average molecular weight is 963 g/mol. The van der Waals surface area contributed by atoms with Crippen molar-refractivity contribution in [3.05, 3.63) is 101 Å². The summed E-state index contributed by atoms with van der Waals surface area (Å²) in [5, 5.41) is 23.0. The van der Waals surface area contributed by atoms with Crippen LogP contribution >= 0.6 is 34.3 Å². The van der Waals surface area contributed by atoms with Crippen LogP contribution in [0.5, 0.6) is 0 Å². The van der Waals surface area contributed by atoms with Crippen molar-refractivity contribution in [1.29, 1.82) is 0 Å². The van der Waals surface area contributed by atoms with Crippen LogP contribution in [-0.2, 0) is 0 Å². The van der Waals surface area contributed by atoms with E-state index < -0.39 is 0 Å². The van der Waals surface area contributed by atoms with E-state index in [1.54, 1.807) is 60.4 Å². The highest BCUT2D eigenvalue weighted by molar-refractivity contribution is 7.22. The Kier molecular flexibility index (Phi) is 16.9. The molecule has 8 rings (SSSR count). The first-order valence-corrected chi connectivity index (χ1v) is 24.5. The molecule has 2 N–H and O–H groups in total. The number of hydrogen-bond donors (Lipinski definition) is 2. The summed E-state index contributed by atoms with van der Waals surface area (Å²) >= 11 is 8.87. The molecule has 0 saturated carbocycles. The fraction of sp³-hybridized carbons (Fsp3) is 0.388. The van der Waals surface area contributed by atoms with Gasteiger partial charge in [-0.05, 0) is 134 Å². The highest BCUT2D eigenvalue weighted by Crippen LogP contribution is 2.32. The normalized spacial score (nSPS) is 11.4. The summed E-state index contributed by atoms with van der Waals surface area (Å²) in [6.45, 7) is 25.9. The molecule has 0 fully saturated rings. The van der Waals surface area contributed by atoms with Crippen LogP contribution in [0.4, 0.5) is 16.8 Å². The first-order valence-electron chi connectivity index (χ1n) is 22.5. The first kappa shape index (κ1) is 50.2. The van der Waals surface area contributed by atoms with E-state index in [0.717, 1.165) is 37.4 Å². The molecule has 2 aromatic carbocycles. The number of hydrogen-bond acceptors (Lipinski definition) is 13. The molecule has 18 heteroatoms. The highest BCUT2D eigenvalue weighted by atomic mass is 35.5. The van der Waals surface area contributed by atoms with Crippen molar-refractivity contribution in [1.82, 2.24) is 49.5 Å². The number of benzene rings is 2. The molecule has 0 aliphatic carbocycles. The fourth-order valence-corrected chi connectivity index (χ4v) is 9.77. The second-order valence-corrected chi connectivity index (χ2v) is 20.6. The van der Waals surface area contributed by atoms with Crippen molar-refractivity contribution >= 4 is 83.3 Å². The summed E-state index contributed by atoms with van der Waals surface area (Å²) < 4.78 is 6.16. The lowest BCUT2D eigenvalue weighted by Crippen LogP contribution is -2.36. The van der Waals surface area contributed by atoms with E-state index in [9.17, 15) is 9.59 Å². The topological polar surface area (TPSA) is 174 Å². The molecule has 0 aliphatic rings. The second-order valence-electron chi connectivity index (χ2n) is 18.0. The predicted octanol–water partition coefficient (Wildman–Crippen LogP) is 12.5. The van der Waals surface area contributed by atoms with Crippen molar-refractivity contribution < 1.29 is 9.59 Å². The van der Waals surface area contributed by atoms with Gasteiger partial charge in [0.05, 0.1) is 20.4 Å². The van der Waals surface area contributed by atoms with Crippen LogP contribution in [0, 0.1) is 11.8 Å². The third kappa shape index (κ3) is 13.0. The molecule has 15 nitrogen and oxygen atoms in total. The van der Waals surface area contributed by atoms with Gasteiger partial charge in [0, 0.05) is 35.3 Å². The number of anilines is 3. The fourth-order valence-electron chi connectivity index (χ4n) is 7.43. The minimum atomic E-state index is -0.253. The van der Waals surface area contributed by atoms with Crippen LogP contribution in [0.25, 0.3) is 43.5 Å². The van der Waals surface area contributed by atoms with Crippen LogP contribution in [-0.4, -0.2) is 73.4 Å². The SMILES string of the molecule is CC(C)CC(C)C.CC(C)N(c1nc2ccc(C(=O)Nc3cccc(-c4nncn4C(C)C)n3)cc2s1)C(C)C.CC(C)n1cnnc1-c1cccc(NC(=O)c2ccc3nc(Cl)sc3c2)n1. The predicted molar refractivity (Wildman–Crippen MR) is 274 cm³/mol. The van der Waals surface area contributed by atoms with Crippen molar-refractivity contribution in [3.8, 4) is 23.0 Å². The van der Waals surface area contributed by atoms with E-state index in [1.807, 2.05) is 59.4 Å². The Bertz CT molecular complexity index is 2900. The van der Waals surface area contributed by atoms with E-state index in [0.29, 0.717) is 62.3 Å². The zero-order valence-corrected chi connectivity index (χ0v) is 42.6. The van der Waals surface area contributed by atoms with Crippen molar-refractivity contribution in [2.75, 3.05) is 15.5 Å². The standard InChI is InChI=1S/C24H29N7OS.C18H15ClN6OS.C7H16/c1-14(2)30-13-25-29-22(30)19-8-7-9-21(26-19)28-23(32)17-10-11-18-20(12-17)33-24(27-18)31(15(3)4)16(5)6;1-10(2)25-9-20-24-16(25)13-4-3-5-15(21-13)23-17(26)11-6-7-12-14(8-11)27-18(19)22-12;1-6(2)5-7(3)4/h7-16H,1-6H3,(H,26,28,32);3-10H,1-2H3,(H,21,23,26);6-7H,5H2,1-4H3. The molecule has 8 aromatic rings. The molecular weight excluding hydrogens is 902 g/mol. The summed E-state index contributed by atoms with van der Waals surface area (Å²) in [6.07, 6.45) is 4.72. The third-order valence-corrected chi connectivity index (χ3v) is 12.4. The van der Waals surface area contributed by atoms with Crippen LogP contribution in [0.3, 0.4) is 0 Å². The van der Waals surface area contributed by atoms with Gasteiger partial charge in [0.15, 0.2) is 21.2 Å². The number of pyridine rings is 2. The number of fused-ring (bicyclic) bond motifs is 2. The van der Waals surface area contributed by atoms with Gasteiger partial charge in [0.25, 0.3) is 11.8 Å². The van der Waals surface area contributed by atoms with Gasteiger partial charge in [-0.15, -0.1) is 31.7 Å². The Balaban J connectivity index is 0.000000196. The smallest absolute Gasteiger partial charge is 0.256 e. The number of nitrogens with one attached hydrogen (secondary N) is 2. The summed E-state index contributed by atoms with van der Waals surface area (Å²) in [7, 11) is 0. The molecule has 0 saturated heterocycles. The number of nitrogens with zero attached hydrogens (tertiary/aromatic N) is 11. The maximum atomic E-state index is 13.0. The lowest BCUT2D eigenvalue weighted by molar-refractivity contribution is 0.101. The van der Waals surface area contributed by atoms with Gasteiger partial charge in [0.1, 0.15) is 35.7 Å². The molecular formula is C49H60ClN13O2S2. The minimum absolute atomic E-state index is 0.202. The van der Waals surface area contributed by atoms with Gasteiger partial charge in [-0.1, -0.05) is 62.8 Å². The molecule has 352 valence electrons. The largest absolute Gasteiger partial charge is 0.343 e. The number of carbonyl (C=O) groups excluding carboxylic acids is 2. The third-order valence-electron chi connectivity index (χ3n) is 10.2. The summed E-state index contributed by atoms with van der Waals surface area (Å²) in [5.41, 5.74) is 4.05. The van der Waals surface area contributed by atoms with Crippen LogP contribution in [0.1, 0.15) is 122 Å². The highest BCUT2D eigenvalue weighted by Gasteiger charge is 2.20. The number of aromatic nitrogens is 10. The lowest BCUT2D eigenvalue weighted by atomic mass is 10.0. The average Bonchev–Trinajstić information content (AvgIpc) is 4.09. The molecule has 6 aromatic heterocycles. The molecule has 0 unspecified atom stereocenters. The quantitative estimate of drug-likeness (QED) is 0.112. The Morgan fingerprint density at radius 1 is 0.597 bits per heavy atom. The maximum Gasteiger partial charge on any atom is 0.256 e. The molecule has 0 bridgehead atoms. The number of carbonyl (C=O) groups is 2. The van der Waals surface area contributed by atoms with Gasteiger partial charge >= 0.3 is 0 Å². The molecule has 0 atom stereocenters. The van der Waals surface area contributed by atoms with Gasteiger partial charge < -0.3 is 24.7 Å². The molecule has 6 heterocycles. The Morgan fingerprint density at radius 2 is 1.04 bits per heavy atom. The van der Waals surface area contributed by atoms with Crippen molar-refractivity contribution in [3.63, 3.8) is 0 Å². The van der Waals surface area contributed by atoms with Gasteiger partial charge in [-0.2, -0.15) is 0 Å². The Labute approximate surface area is 405 Å². The van der Waals surface area contributed by atoms with E-state index in [2.05, 4.69) is 120 Å². The number of thiazole rings is 2.